The van der Waals surface area contributed by atoms with Crippen molar-refractivity contribution in [2.45, 2.75) is 31.8 Å². The number of aromatic nitrogens is 2. The van der Waals surface area contributed by atoms with Crippen molar-refractivity contribution >= 4 is 22.7 Å². The third-order valence-electron chi connectivity index (χ3n) is 7.42. The van der Waals surface area contributed by atoms with Gasteiger partial charge in [-0.3, -0.25) is 9.80 Å². The van der Waals surface area contributed by atoms with Crippen LogP contribution in [0.5, 0.6) is 11.5 Å². The van der Waals surface area contributed by atoms with Crippen LogP contribution in [-0.2, 0) is 11.3 Å². The van der Waals surface area contributed by atoms with Crippen LogP contribution in [0.3, 0.4) is 0 Å². The van der Waals surface area contributed by atoms with E-state index in [1.165, 1.54) is 5.56 Å². The van der Waals surface area contributed by atoms with Crippen molar-refractivity contribution in [3.63, 3.8) is 0 Å². The lowest BCUT2D eigenvalue weighted by molar-refractivity contribution is 0.0378. The molecular formula is C29H40N6O3. The molecule has 2 aliphatic rings. The Hall–Kier alpha value is -3.14. The minimum Gasteiger partial charge on any atom is -0.493 e. The highest BCUT2D eigenvalue weighted by molar-refractivity contribution is 5.92. The monoisotopic (exact) mass is 520 g/mol. The van der Waals surface area contributed by atoms with E-state index in [1.54, 1.807) is 14.2 Å². The first kappa shape index (κ1) is 26.5. The first-order valence-electron chi connectivity index (χ1n) is 13.7. The van der Waals surface area contributed by atoms with Crippen LogP contribution in [0.1, 0.15) is 24.8 Å². The summed E-state index contributed by atoms with van der Waals surface area (Å²) in [7, 11) is 3.31. The summed E-state index contributed by atoms with van der Waals surface area (Å²) < 4.78 is 16.6. The van der Waals surface area contributed by atoms with Gasteiger partial charge in [0.05, 0.1) is 33.0 Å². The summed E-state index contributed by atoms with van der Waals surface area (Å²) in [5.41, 5.74) is 2.20. The van der Waals surface area contributed by atoms with Gasteiger partial charge in [-0.2, -0.15) is 4.98 Å². The fraction of sp³-hybridized carbons (Fsp3) is 0.517. The Labute approximate surface area is 225 Å². The van der Waals surface area contributed by atoms with E-state index in [0.717, 1.165) is 95.0 Å². The van der Waals surface area contributed by atoms with Gasteiger partial charge < -0.3 is 24.8 Å². The van der Waals surface area contributed by atoms with Gasteiger partial charge in [-0.1, -0.05) is 30.3 Å². The number of ether oxygens (including phenoxy) is 3. The van der Waals surface area contributed by atoms with Gasteiger partial charge in [-0.05, 0) is 37.4 Å². The Morgan fingerprint density at radius 2 is 1.66 bits per heavy atom. The highest BCUT2D eigenvalue weighted by Gasteiger charge is 2.22. The lowest BCUT2D eigenvalue weighted by Gasteiger charge is -2.33. The second-order valence-corrected chi connectivity index (χ2v) is 10.0. The number of anilines is 2. The van der Waals surface area contributed by atoms with Gasteiger partial charge in [-0.25, -0.2) is 4.98 Å². The van der Waals surface area contributed by atoms with Crippen molar-refractivity contribution in [1.82, 2.24) is 19.8 Å². The maximum atomic E-state index is 5.58. The third kappa shape index (κ3) is 6.83. The Kier molecular flexibility index (Phi) is 9.11. The molecule has 0 aliphatic carbocycles. The molecule has 204 valence electrons. The van der Waals surface area contributed by atoms with E-state index < -0.39 is 0 Å². The largest absolute Gasteiger partial charge is 0.493 e. The summed E-state index contributed by atoms with van der Waals surface area (Å²) in [5.74, 6) is 2.82. The number of nitrogens with zero attached hydrogens (tertiary/aromatic N) is 4. The molecule has 3 aromatic rings. The van der Waals surface area contributed by atoms with Crippen LogP contribution in [0.25, 0.3) is 10.9 Å². The summed E-state index contributed by atoms with van der Waals surface area (Å²) in [6.07, 6.45) is 3.15. The molecule has 0 atom stereocenters. The number of piperidine rings is 1. The van der Waals surface area contributed by atoms with Crippen molar-refractivity contribution in [3.05, 3.63) is 48.0 Å². The van der Waals surface area contributed by atoms with Gasteiger partial charge in [0.2, 0.25) is 5.95 Å². The van der Waals surface area contributed by atoms with Crippen molar-refractivity contribution in [2.24, 2.45) is 0 Å². The van der Waals surface area contributed by atoms with Crippen LogP contribution < -0.4 is 20.1 Å². The average molecular weight is 521 g/mol. The number of benzene rings is 2. The molecule has 1 aromatic heterocycles. The predicted molar refractivity (Wildman–Crippen MR) is 151 cm³/mol. The number of methoxy groups -OCH3 is 2. The number of likely N-dealkylation sites (tertiary alicyclic amines) is 1. The predicted octanol–water partition coefficient (Wildman–Crippen LogP) is 3.86. The minimum absolute atomic E-state index is 0.349. The molecule has 2 aromatic carbocycles. The van der Waals surface area contributed by atoms with Crippen LogP contribution in [0.4, 0.5) is 11.8 Å². The summed E-state index contributed by atoms with van der Waals surface area (Å²) in [5, 5.41) is 8.14. The molecule has 9 nitrogen and oxygen atoms in total. The first-order valence-corrected chi connectivity index (χ1v) is 13.7. The van der Waals surface area contributed by atoms with Gasteiger partial charge in [0, 0.05) is 56.8 Å². The van der Waals surface area contributed by atoms with E-state index >= 15 is 0 Å². The van der Waals surface area contributed by atoms with E-state index in [2.05, 4.69) is 50.8 Å². The van der Waals surface area contributed by atoms with Crippen LogP contribution in [0.15, 0.2) is 42.5 Å². The van der Waals surface area contributed by atoms with Crippen molar-refractivity contribution < 1.29 is 14.2 Å². The van der Waals surface area contributed by atoms with Crippen LogP contribution in [0, 0.1) is 0 Å². The van der Waals surface area contributed by atoms with E-state index in [9.17, 15) is 0 Å². The highest BCUT2D eigenvalue weighted by Crippen LogP contribution is 2.35. The maximum absolute atomic E-state index is 5.58. The molecule has 0 unspecified atom stereocenters. The van der Waals surface area contributed by atoms with E-state index in [4.69, 9.17) is 24.2 Å². The number of fused-ring (bicyclic) bond motifs is 1. The molecule has 9 heteroatoms. The molecule has 0 amide bonds. The Balaban J connectivity index is 1.26. The van der Waals surface area contributed by atoms with E-state index in [1.807, 2.05) is 12.1 Å². The number of rotatable bonds is 11. The molecule has 2 aliphatic heterocycles. The number of morpholine rings is 1. The SMILES string of the molecule is COc1cc2nc(NCCCN3CCOCC3)nc(NC3CCN(Cc4ccccc4)CC3)c2cc1OC. The Bertz CT molecular complexity index is 1160. The second-order valence-electron chi connectivity index (χ2n) is 10.0. The molecule has 2 N–H and O–H groups in total. The molecule has 0 bridgehead atoms. The summed E-state index contributed by atoms with van der Waals surface area (Å²) in [4.78, 5) is 14.7. The molecule has 5 rings (SSSR count). The molecule has 2 fully saturated rings. The van der Waals surface area contributed by atoms with E-state index in [0.29, 0.717) is 23.5 Å². The Morgan fingerprint density at radius 3 is 2.39 bits per heavy atom. The Morgan fingerprint density at radius 1 is 0.921 bits per heavy atom. The van der Waals surface area contributed by atoms with Crippen LogP contribution in [-0.4, -0.2) is 92.5 Å². The number of hydrogen-bond donors (Lipinski definition) is 2. The van der Waals surface area contributed by atoms with Gasteiger partial charge in [0.25, 0.3) is 0 Å². The van der Waals surface area contributed by atoms with Gasteiger partial charge >= 0.3 is 0 Å². The molecular weight excluding hydrogens is 480 g/mol. The molecule has 38 heavy (non-hydrogen) atoms. The number of hydrogen-bond acceptors (Lipinski definition) is 9. The topological polar surface area (TPSA) is 84.0 Å². The molecule has 3 heterocycles. The minimum atomic E-state index is 0.349. The molecule has 0 spiro atoms. The van der Waals surface area contributed by atoms with Crippen molar-refractivity contribution in [3.8, 4) is 11.5 Å². The third-order valence-corrected chi connectivity index (χ3v) is 7.42. The summed E-state index contributed by atoms with van der Waals surface area (Å²) >= 11 is 0. The van der Waals surface area contributed by atoms with Crippen molar-refractivity contribution in [1.29, 1.82) is 0 Å². The van der Waals surface area contributed by atoms with Crippen molar-refractivity contribution in [2.75, 3.05) is 77.3 Å². The lowest BCUT2D eigenvalue weighted by atomic mass is 10.0. The summed E-state index contributed by atoms with van der Waals surface area (Å²) in [6.45, 7) is 8.63. The first-order chi connectivity index (χ1) is 18.7. The van der Waals surface area contributed by atoms with Crippen LogP contribution >= 0.6 is 0 Å². The standard InChI is InChI=1S/C29H40N6O3/c1-36-26-19-24-25(20-27(26)37-2)32-29(30-11-6-12-34-15-17-38-18-16-34)33-28(24)31-23-9-13-35(14-10-23)21-22-7-4-3-5-8-22/h3-5,7-8,19-20,23H,6,9-18,21H2,1-2H3,(H2,30,31,32,33). The summed E-state index contributed by atoms with van der Waals surface area (Å²) in [6, 6.07) is 15.0. The van der Waals surface area contributed by atoms with Gasteiger partial charge in [0.15, 0.2) is 11.5 Å². The highest BCUT2D eigenvalue weighted by atomic mass is 16.5. The maximum Gasteiger partial charge on any atom is 0.225 e. The fourth-order valence-electron chi connectivity index (χ4n) is 5.24. The zero-order chi connectivity index (χ0) is 26.2. The van der Waals surface area contributed by atoms with Gasteiger partial charge in [-0.15, -0.1) is 0 Å². The smallest absolute Gasteiger partial charge is 0.225 e. The van der Waals surface area contributed by atoms with E-state index in [-0.39, 0.29) is 0 Å². The fourth-order valence-corrected chi connectivity index (χ4v) is 5.24. The number of nitrogens with one attached hydrogen (secondary N) is 2. The average Bonchev–Trinajstić information content (AvgIpc) is 2.97. The molecule has 0 saturated carbocycles. The van der Waals surface area contributed by atoms with Crippen LogP contribution in [0.2, 0.25) is 0 Å². The zero-order valence-corrected chi connectivity index (χ0v) is 22.6. The normalized spacial score (nSPS) is 17.4. The second kappa shape index (κ2) is 13.1. The lowest BCUT2D eigenvalue weighted by Crippen LogP contribution is -2.38. The zero-order valence-electron chi connectivity index (χ0n) is 22.6. The molecule has 2 saturated heterocycles. The van der Waals surface area contributed by atoms with Gasteiger partial charge in [0.1, 0.15) is 5.82 Å². The molecule has 0 radical (unpaired) electrons. The quantitative estimate of drug-likeness (QED) is 0.366.